The number of rotatable bonds is 6. The molecular formula is C13H21N5S. The van der Waals surface area contributed by atoms with E-state index in [1.807, 2.05) is 6.92 Å². The molecule has 0 spiro atoms. The Morgan fingerprint density at radius 2 is 2.11 bits per heavy atom. The molecule has 2 heterocycles. The second-order valence-corrected chi connectivity index (χ2v) is 5.24. The van der Waals surface area contributed by atoms with Crippen LogP contribution >= 0.6 is 12.2 Å². The zero-order valence-electron chi connectivity index (χ0n) is 11.8. The fraction of sp³-hybridized carbons (Fsp3) is 0.615. The molecule has 0 atom stereocenters. The number of aryl methyl sites for hydroxylation is 4. The molecule has 2 aromatic heterocycles. The monoisotopic (exact) mass is 279 g/mol. The predicted molar refractivity (Wildman–Crippen MR) is 77.7 cm³/mol. The van der Waals surface area contributed by atoms with Crippen LogP contribution in [0.5, 0.6) is 0 Å². The summed E-state index contributed by atoms with van der Waals surface area (Å²) in [5.74, 6) is 1.06. The van der Waals surface area contributed by atoms with Crippen molar-refractivity contribution in [2.75, 3.05) is 0 Å². The SMILES string of the molecule is CCCc1n[nH]c(=S)n1CCCn1nc(C)cc1C. The molecule has 2 rings (SSSR count). The van der Waals surface area contributed by atoms with Crippen molar-refractivity contribution in [1.82, 2.24) is 24.5 Å². The first kappa shape index (κ1) is 14.0. The minimum absolute atomic E-state index is 0.719. The predicted octanol–water partition coefficient (Wildman–Crippen LogP) is 2.80. The van der Waals surface area contributed by atoms with E-state index < -0.39 is 0 Å². The minimum atomic E-state index is 0.719. The molecule has 0 radical (unpaired) electrons. The first-order valence-electron chi connectivity index (χ1n) is 6.77. The minimum Gasteiger partial charge on any atom is -0.304 e. The molecule has 19 heavy (non-hydrogen) atoms. The zero-order chi connectivity index (χ0) is 13.8. The van der Waals surface area contributed by atoms with Gasteiger partial charge in [-0.2, -0.15) is 10.2 Å². The Morgan fingerprint density at radius 1 is 1.32 bits per heavy atom. The van der Waals surface area contributed by atoms with Gasteiger partial charge in [0.25, 0.3) is 0 Å². The van der Waals surface area contributed by atoms with E-state index >= 15 is 0 Å². The topological polar surface area (TPSA) is 51.4 Å². The van der Waals surface area contributed by atoms with Gasteiger partial charge in [0.15, 0.2) is 4.77 Å². The maximum absolute atomic E-state index is 5.27. The highest BCUT2D eigenvalue weighted by Crippen LogP contribution is 2.06. The summed E-state index contributed by atoms with van der Waals surface area (Å²) >= 11 is 5.27. The van der Waals surface area contributed by atoms with Gasteiger partial charge in [-0.25, -0.2) is 0 Å². The first-order valence-corrected chi connectivity index (χ1v) is 7.17. The van der Waals surface area contributed by atoms with E-state index in [0.29, 0.717) is 0 Å². The molecule has 2 aromatic rings. The van der Waals surface area contributed by atoms with Crippen LogP contribution in [0.3, 0.4) is 0 Å². The molecule has 0 amide bonds. The van der Waals surface area contributed by atoms with E-state index in [0.717, 1.165) is 48.6 Å². The number of hydrogen-bond donors (Lipinski definition) is 1. The third-order valence-electron chi connectivity index (χ3n) is 3.17. The lowest BCUT2D eigenvalue weighted by atomic mass is 10.3. The van der Waals surface area contributed by atoms with Crippen molar-refractivity contribution >= 4 is 12.2 Å². The van der Waals surface area contributed by atoms with Crippen molar-refractivity contribution in [1.29, 1.82) is 0 Å². The molecule has 0 fully saturated rings. The van der Waals surface area contributed by atoms with Crippen LogP contribution in [0.25, 0.3) is 0 Å². The van der Waals surface area contributed by atoms with Gasteiger partial charge >= 0.3 is 0 Å². The second-order valence-electron chi connectivity index (χ2n) is 4.85. The Labute approximate surface area is 118 Å². The van der Waals surface area contributed by atoms with E-state index in [1.165, 1.54) is 5.69 Å². The van der Waals surface area contributed by atoms with E-state index in [-0.39, 0.29) is 0 Å². The number of hydrogen-bond acceptors (Lipinski definition) is 3. The van der Waals surface area contributed by atoms with Crippen LogP contribution in [-0.2, 0) is 19.5 Å². The van der Waals surface area contributed by atoms with Gasteiger partial charge in [-0.3, -0.25) is 9.78 Å². The Balaban J connectivity index is 1.97. The molecule has 6 heteroatoms. The lowest BCUT2D eigenvalue weighted by molar-refractivity contribution is 0.504. The Bertz CT molecular complexity index is 592. The van der Waals surface area contributed by atoms with Gasteiger partial charge in [0, 0.05) is 25.2 Å². The van der Waals surface area contributed by atoms with Crippen LogP contribution in [0.2, 0.25) is 0 Å². The van der Waals surface area contributed by atoms with Gasteiger partial charge in [0.05, 0.1) is 5.69 Å². The van der Waals surface area contributed by atoms with Gasteiger partial charge in [-0.15, -0.1) is 0 Å². The molecule has 5 nitrogen and oxygen atoms in total. The van der Waals surface area contributed by atoms with Gasteiger partial charge in [-0.05, 0) is 45.0 Å². The fourth-order valence-corrected chi connectivity index (χ4v) is 2.52. The summed E-state index contributed by atoms with van der Waals surface area (Å²) in [5.41, 5.74) is 2.28. The van der Waals surface area contributed by atoms with Crippen molar-refractivity contribution in [3.8, 4) is 0 Å². The fourth-order valence-electron chi connectivity index (χ4n) is 2.28. The molecule has 0 unspecified atom stereocenters. The summed E-state index contributed by atoms with van der Waals surface area (Å²) in [6.07, 6.45) is 3.05. The maximum atomic E-state index is 5.27. The molecule has 0 saturated carbocycles. The van der Waals surface area contributed by atoms with Crippen LogP contribution < -0.4 is 0 Å². The van der Waals surface area contributed by atoms with Crippen molar-refractivity contribution < 1.29 is 0 Å². The van der Waals surface area contributed by atoms with Crippen molar-refractivity contribution in [2.45, 2.75) is 53.1 Å². The maximum Gasteiger partial charge on any atom is 0.195 e. The van der Waals surface area contributed by atoms with E-state index in [1.54, 1.807) is 0 Å². The number of nitrogens with zero attached hydrogens (tertiary/aromatic N) is 4. The summed E-state index contributed by atoms with van der Waals surface area (Å²) < 4.78 is 4.88. The van der Waals surface area contributed by atoms with Gasteiger partial charge in [-0.1, -0.05) is 6.92 Å². The van der Waals surface area contributed by atoms with Crippen LogP contribution in [0.15, 0.2) is 6.07 Å². The molecule has 104 valence electrons. The largest absolute Gasteiger partial charge is 0.304 e. The third-order valence-corrected chi connectivity index (χ3v) is 3.48. The molecule has 0 aliphatic carbocycles. The Kier molecular flexibility index (Phi) is 4.52. The second kappa shape index (κ2) is 6.14. The summed E-state index contributed by atoms with van der Waals surface area (Å²) in [5, 5.41) is 11.6. The Morgan fingerprint density at radius 3 is 2.74 bits per heavy atom. The highest BCUT2D eigenvalue weighted by molar-refractivity contribution is 7.71. The van der Waals surface area contributed by atoms with Crippen LogP contribution in [0.4, 0.5) is 0 Å². The van der Waals surface area contributed by atoms with E-state index in [4.69, 9.17) is 12.2 Å². The van der Waals surface area contributed by atoms with Gasteiger partial charge in [0.2, 0.25) is 0 Å². The van der Waals surface area contributed by atoms with Crippen molar-refractivity contribution in [3.63, 3.8) is 0 Å². The normalized spacial score (nSPS) is 11.1. The molecule has 0 bridgehead atoms. The summed E-state index contributed by atoms with van der Waals surface area (Å²) in [6.45, 7) is 8.07. The number of aromatic nitrogens is 5. The summed E-state index contributed by atoms with van der Waals surface area (Å²) in [6, 6.07) is 2.10. The summed E-state index contributed by atoms with van der Waals surface area (Å²) in [7, 11) is 0. The quantitative estimate of drug-likeness (QED) is 0.827. The molecule has 0 saturated heterocycles. The molecular weight excluding hydrogens is 258 g/mol. The van der Waals surface area contributed by atoms with Crippen LogP contribution in [0, 0.1) is 18.6 Å². The highest BCUT2D eigenvalue weighted by atomic mass is 32.1. The average molecular weight is 279 g/mol. The number of nitrogens with one attached hydrogen (secondary N) is 1. The molecule has 0 aromatic carbocycles. The first-order chi connectivity index (χ1) is 9.11. The smallest absolute Gasteiger partial charge is 0.195 e. The lowest BCUT2D eigenvalue weighted by Crippen LogP contribution is -2.09. The third kappa shape index (κ3) is 3.32. The standard InChI is InChI=1S/C13H21N5S/c1-4-6-12-14-15-13(19)17(12)7-5-8-18-11(3)9-10(2)16-18/h9H,4-8H2,1-3H3,(H,15,19). The van der Waals surface area contributed by atoms with Crippen LogP contribution in [-0.4, -0.2) is 24.5 Å². The van der Waals surface area contributed by atoms with E-state index in [2.05, 4.69) is 44.5 Å². The number of aromatic amines is 1. The number of H-pyrrole nitrogens is 1. The average Bonchev–Trinajstić information content (AvgIpc) is 2.86. The molecule has 1 N–H and O–H groups in total. The summed E-state index contributed by atoms with van der Waals surface area (Å²) in [4.78, 5) is 0. The molecule has 0 aliphatic heterocycles. The van der Waals surface area contributed by atoms with Gasteiger partial charge < -0.3 is 4.57 Å². The van der Waals surface area contributed by atoms with Crippen LogP contribution in [0.1, 0.15) is 37.0 Å². The van der Waals surface area contributed by atoms with Crippen molar-refractivity contribution in [2.24, 2.45) is 0 Å². The van der Waals surface area contributed by atoms with Crippen molar-refractivity contribution in [3.05, 3.63) is 28.0 Å². The Hall–Kier alpha value is -1.43. The zero-order valence-corrected chi connectivity index (χ0v) is 12.6. The highest BCUT2D eigenvalue weighted by Gasteiger charge is 2.06. The molecule has 0 aliphatic rings. The van der Waals surface area contributed by atoms with Gasteiger partial charge in [0.1, 0.15) is 5.82 Å². The van der Waals surface area contributed by atoms with E-state index in [9.17, 15) is 0 Å². The lowest BCUT2D eigenvalue weighted by Gasteiger charge is -2.07.